The monoisotopic (exact) mass is 388 g/mol. The van der Waals surface area contributed by atoms with Crippen LogP contribution in [-0.4, -0.2) is 41.9 Å². The number of carbonyl (C=O) groups excluding carboxylic acids is 1. The fraction of sp³-hybridized carbons (Fsp3) is 0.278. The Labute approximate surface area is 161 Å². The molecule has 0 saturated carbocycles. The number of nitro groups is 1. The molecule has 0 atom stereocenters. The van der Waals surface area contributed by atoms with Gasteiger partial charge in [-0.15, -0.1) is 0 Å². The Bertz CT molecular complexity index is 856. The highest BCUT2D eigenvalue weighted by Gasteiger charge is 2.13. The summed E-state index contributed by atoms with van der Waals surface area (Å²) in [5, 5.41) is 14.9. The SMILES string of the molecule is CCOC(=O)COc1ccc(/C=N\Nc2ncccc2[N+](=O)[O-])cc1OCC. The third-order valence-electron chi connectivity index (χ3n) is 3.29. The maximum absolute atomic E-state index is 11.4. The molecule has 1 aromatic carbocycles. The van der Waals surface area contributed by atoms with E-state index in [9.17, 15) is 14.9 Å². The second-order valence-corrected chi connectivity index (χ2v) is 5.23. The Morgan fingerprint density at radius 2 is 2.07 bits per heavy atom. The van der Waals surface area contributed by atoms with E-state index < -0.39 is 10.9 Å². The van der Waals surface area contributed by atoms with Gasteiger partial charge >= 0.3 is 11.7 Å². The van der Waals surface area contributed by atoms with Crippen LogP contribution in [-0.2, 0) is 9.53 Å². The second kappa shape index (κ2) is 10.5. The van der Waals surface area contributed by atoms with Gasteiger partial charge in [0.05, 0.1) is 24.4 Å². The first kappa shape index (κ1) is 20.6. The zero-order valence-corrected chi connectivity index (χ0v) is 15.5. The van der Waals surface area contributed by atoms with Crippen molar-refractivity contribution in [3.63, 3.8) is 0 Å². The Kier molecular flexibility index (Phi) is 7.70. The van der Waals surface area contributed by atoms with Crippen LogP contribution in [0, 0.1) is 10.1 Å². The molecule has 10 nitrogen and oxygen atoms in total. The third-order valence-corrected chi connectivity index (χ3v) is 3.29. The summed E-state index contributed by atoms with van der Waals surface area (Å²) in [6, 6.07) is 7.79. The van der Waals surface area contributed by atoms with Crippen LogP contribution in [0.3, 0.4) is 0 Å². The molecule has 1 N–H and O–H groups in total. The first-order valence-electron chi connectivity index (χ1n) is 8.48. The van der Waals surface area contributed by atoms with E-state index in [4.69, 9.17) is 14.2 Å². The molecule has 0 aliphatic heterocycles. The molecule has 0 amide bonds. The second-order valence-electron chi connectivity index (χ2n) is 5.23. The summed E-state index contributed by atoms with van der Waals surface area (Å²) >= 11 is 0. The van der Waals surface area contributed by atoms with Crippen molar-refractivity contribution in [3.8, 4) is 11.5 Å². The summed E-state index contributed by atoms with van der Waals surface area (Å²) in [5.74, 6) is 0.375. The number of benzene rings is 1. The molecule has 148 valence electrons. The van der Waals surface area contributed by atoms with E-state index in [0.717, 1.165) is 0 Å². The Hall–Kier alpha value is -3.69. The highest BCUT2D eigenvalue weighted by molar-refractivity contribution is 5.81. The minimum absolute atomic E-state index is 0.0307. The van der Waals surface area contributed by atoms with Gasteiger partial charge in [0.15, 0.2) is 18.1 Å². The maximum atomic E-state index is 11.4. The average Bonchev–Trinajstić information content (AvgIpc) is 2.68. The van der Waals surface area contributed by atoms with Crippen LogP contribution in [0.15, 0.2) is 41.6 Å². The fourth-order valence-corrected chi connectivity index (χ4v) is 2.13. The van der Waals surface area contributed by atoms with Crippen LogP contribution >= 0.6 is 0 Å². The topological polar surface area (TPSA) is 125 Å². The molecule has 2 rings (SSSR count). The third kappa shape index (κ3) is 5.94. The van der Waals surface area contributed by atoms with Gasteiger partial charge in [-0.1, -0.05) is 0 Å². The lowest BCUT2D eigenvalue weighted by Crippen LogP contribution is -2.15. The summed E-state index contributed by atoms with van der Waals surface area (Å²) in [6.45, 7) is 3.97. The van der Waals surface area contributed by atoms with E-state index in [1.54, 1.807) is 25.1 Å². The summed E-state index contributed by atoms with van der Waals surface area (Å²) in [5.41, 5.74) is 3.01. The van der Waals surface area contributed by atoms with E-state index in [2.05, 4.69) is 15.5 Å². The molecule has 10 heteroatoms. The van der Waals surface area contributed by atoms with Gasteiger partial charge < -0.3 is 14.2 Å². The van der Waals surface area contributed by atoms with Crippen LogP contribution in [0.1, 0.15) is 19.4 Å². The molecular formula is C18H20N4O6. The zero-order valence-electron chi connectivity index (χ0n) is 15.5. The van der Waals surface area contributed by atoms with E-state index in [1.165, 1.54) is 24.5 Å². The summed E-state index contributed by atoms with van der Waals surface area (Å²) in [4.78, 5) is 25.7. The number of carbonyl (C=O) groups is 1. The Morgan fingerprint density at radius 1 is 1.25 bits per heavy atom. The molecule has 0 unspecified atom stereocenters. The van der Waals surface area contributed by atoms with E-state index in [1.807, 2.05) is 6.92 Å². The standard InChI is InChI=1S/C18H20N4O6/c1-3-26-16-10-13(7-8-15(16)28-12-17(23)27-4-2)11-20-21-18-14(22(24)25)6-5-9-19-18/h5-11H,3-4,12H2,1-2H3,(H,19,21)/b20-11-. The van der Waals surface area contributed by atoms with Gasteiger partial charge in [-0.2, -0.15) is 5.10 Å². The molecule has 1 aromatic heterocycles. The minimum Gasteiger partial charge on any atom is -0.490 e. The zero-order chi connectivity index (χ0) is 20.4. The predicted molar refractivity (Wildman–Crippen MR) is 102 cm³/mol. The van der Waals surface area contributed by atoms with E-state index in [0.29, 0.717) is 23.7 Å². The van der Waals surface area contributed by atoms with Crippen molar-refractivity contribution >= 4 is 23.7 Å². The number of hydrogen-bond donors (Lipinski definition) is 1. The highest BCUT2D eigenvalue weighted by atomic mass is 16.6. The normalized spacial score (nSPS) is 10.5. The molecule has 2 aromatic rings. The number of hydrogen-bond acceptors (Lipinski definition) is 9. The maximum Gasteiger partial charge on any atom is 0.344 e. The van der Waals surface area contributed by atoms with Crippen LogP contribution < -0.4 is 14.9 Å². The summed E-state index contributed by atoms with van der Waals surface area (Å²) in [6.07, 6.45) is 2.88. The first-order valence-corrected chi connectivity index (χ1v) is 8.48. The number of nitrogens with zero attached hydrogens (tertiary/aromatic N) is 3. The predicted octanol–water partition coefficient (Wildman–Crippen LogP) is 2.78. The molecule has 0 saturated heterocycles. The van der Waals surface area contributed by atoms with Crippen molar-refractivity contribution < 1.29 is 23.9 Å². The van der Waals surface area contributed by atoms with Crippen molar-refractivity contribution in [3.05, 3.63) is 52.2 Å². The van der Waals surface area contributed by atoms with Crippen molar-refractivity contribution in [1.29, 1.82) is 0 Å². The van der Waals surface area contributed by atoms with Gasteiger partial charge in [-0.3, -0.25) is 15.5 Å². The molecule has 1 heterocycles. The van der Waals surface area contributed by atoms with Crippen molar-refractivity contribution in [2.45, 2.75) is 13.8 Å². The number of pyridine rings is 1. The Balaban J connectivity index is 2.09. The average molecular weight is 388 g/mol. The van der Waals surface area contributed by atoms with Crippen LogP contribution in [0.4, 0.5) is 11.5 Å². The van der Waals surface area contributed by atoms with Crippen LogP contribution in [0.25, 0.3) is 0 Å². The molecule has 0 bridgehead atoms. The van der Waals surface area contributed by atoms with Crippen LogP contribution in [0.2, 0.25) is 0 Å². The number of nitrogens with one attached hydrogen (secondary N) is 1. The highest BCUT2D eigenvalue weighted by Crippen LogP contribution is 2.28. The van der Waals surface area contributed by atoms with Crippen molar-refractivity contribution in [1.82, 2.24) is 4.98 Å². The molecular weight excluding hydrogens is 368 g/mol. The van der Waals surface area contributed by atoms with Crippen LogP contribution in [0.5, 0.6) is 11.5 Å². The van der Waals surface area contributed by atoms with Crippen molar-refractivity contribution in [2.24, 2.45) is 5.10 Å². The van der Waals surface area contributed by atoms with Crippen molar-refractivity contribution in [2.75, 3.05) is 25.2 Å². The number of hydrazone groups is 1. The fourth-order valence-electron chi connectivity index (χ4n) is 2.13. The molecule has 0 radical (unpaired) electrons. The van der Waals surface area contributed by atoms with E-state index in [-0.39, 0.29) is 24.7 Å². The summed E-state index contributed by atoms with van der Waals surface area (Å²) < 4.78 is 15.8. The van der Waals surface area contributed by atoms with Gasteiger partial charge in [-0.05, 0) is 43.7 Å². The number of aromatic nitrogens is 1. The smallest absolute Gasteiger partial charge is 0.344 e. The summed E-state index contributed by atoms with van der Waals surface area (Å²) in [7, 11) is 0. The number of ether oxygens (including phenoxy) is 3. The molecule has 0 spiro atoms. The molecule has 28 heavy (non-hydrogen) atoms. The molecule has 0 fully saturated rings. The van der Waals surface area contributed by atoms with Gasteiger partial charge in [0.25, 0.3) is 0 Å². The van der Waals surface area contributed by atoms with Gasteiger partial charge in [-0.25, -0.2) is 9.78 Å². The number of anilines is 1. The molecule has 0 aliphatic carbocycles. The number of rotatable bonds is 10. The van der Waals surface area contributed by atoms with E-state index >= 15 is 0 Å². The van der Waals surface area contributed by atoms with Gasteiger partial charge in [0.1, 0.15) is 0 Å². The quantitative estimate of drug-likeness (QED) is 0.285. The lowest BCUT2D eigenvalue weighted by Gasteiger charge is -2.12. The lowest BCUT2D eigenvalue weighted by atomic mass is 10.2. The number of esters is 1. The largest absolute Gasteiger partial charge is 0.490 e. The Morgan fingerprint density at radius 3 is 2.79 bits per heavy atom. The molecule has 0 aliphatic rings. The van der Waals surface area contributed by atoms with Gasteiger partial charge in [0.2, 0.25) is 5.82 Å². The lowest BCUT2D eigenvalue weighted by molar-refractivity contribution is -0.384. The van der Waals surface area contributed by atoms with Gasteiger partial charge in [0, 0.05) is 12.3 Å². The first-order chi connectivity index (χ1) is 13.5. The minimum atomic E-state index is -0.548.